The van der Waals surface area contributed by atoms with Gasteiger partial charge in [0.1, 0.15) is 0 Å². The van der Waals surface area contributed by atoms with Crippen LogP contribution in [0.3, 0.4) is 0 Å². The van der Waals surface area contributed by atoms with Crippen molar-refractivity contribution in [1.29, 1.82) is 0 Å². The Morgan fingerprint density at radius 1 is 0.306 bits per heavy atom. The fraction of sp³-hybridized carbons (Fsp3) is 0.0417. The molecule has 0 unspecified atom stereocenters. The highest BCUT2D eigenvalue weighted by molar-refractivity contribution is 5.95. The number of rotatable bonds is 9. The fourth-order valence-electron chi connectivity index (χ4n) is 6.24. The smallest absolute Gasteiger partial charge is 0.0470 e. The summed E-state index contributed by atoms with van der Waals surface area (Å²) in [6.45, 7) is 4.45. The number of hydrogen-bond acceptors (Lipinski definition) is 1. The summed E-state index contributed by atoms with van der Waals surface area (Å²) in [5, 5.41) is 2.54. The minimum atomic E-state index is 1.11. The third kappa shape index (κ3) is 7.70. The zero-order valence-corrected chi connectivity index (χ0v) is 28.0. The van der Waals surface area contributed by atoms with Crippen LogP contribution in [0.2, 0.25) is 0 Å². The Hall–Kier alpha value is -6.18. The van der Waals surface area contributed by atoms with Crippen LogP contribution in [0, 0.1) is 13.8 Å². The minimum absolute atomic E-state index is 1.11. The maximum absolute atomic E-state index is 2.37. The van der Waals surface area contributed by atoms with E-state index in [1.807, 2.05) is 12.1 Å². The van der Waals surface area contributed by atoms with E-state index in [9.17, 15) is 0 Å². The van der Waals surface area contributed by atoms with Gasteiger partial charge in [-0.05, 0) is 112 Å². The molecule has 0 aromatic heterocycles. The van der Waals surface area contributed by atoms with Crippen LogP contribution in [0.4, 0.5) is 17.1 Å². The number of anilines is 3. The minimum Gasteiger partial charge on any atom is -0.310 e. The van der Waals surface area contributed by atoms with E-state index < -0.39 is 0 Å². The SMILES string of the molecule is Cc1cc(N(c2ccc(/C=C/c3ccccc3)cc2)c2ccc(/C=C/c3ccccc3)cc2)cc2c(C)cc(/C=C/c3ccccc3)cc12. The largest absolute Gasteiger partial charge is 0.310 e. The van der Waals surface area contributed by atoms with Crippen LogP contribution in [0.1, 0.15) is 44.5 Å². The van der Waals surface area contributed by atoms with Crippen molar-refractivity contribution in [1.82, 2.24) is 0 Å². The van der Waals surface area contributed by atoms with Crippen LogP contribution in [0.25, 0.3) is 47.2 Å². The van der Waals surface area contributed by atoms with Crippen molar-refractivity contribution in [2.45, 2.75) is 13.8 Å². The van der Waals surface area contributed by atoms with Crippen LogP contribution < -0.4 is 4.90 Å². The van der Waals surface area contributed by atoms with Gasteiger partial charge in [-0.25, -0.2) is 0 Å². The molecule has 0 radical (unpaired) electrons. The van der Waals surface area contributed by atoms with Crippen molar-refractivity contribution in [3.8, 4) is 0 Å². The van der Waals surface area contributed by atoms with Crippen molar-refractivity contribution < 1.29 is 0 Å². The van der Waals surface area contributed by atoms with Gasteiger partial charge < -0.3 is 4.90 Å². The fourth-order valence-corrected chi connectivity index (χ4v) is 6.24. The lowest BCUT2D eigenvalue weighted by molar-refractivity contribution is 1.28. The number of hydrogen-bond donors (Lipinski definition) is 0. The maximum Gasteiger partial charge on any atom is 0.0470 e. The molecule has 0 fully saturated rings. The lowest BCUT2D eigenvalue weighted by Crippen LogP contribution is -2.10. The summed E-state index contributed by atoms with van der Waals surface area (Å²) in [4.78, 5) is 2.37. The summed E-state index contributed by atoms with van der Waals surface area (Å²) in [6.07, 6.45) is 13.1. The van der Waals surface area contributed by atoms with Gasteiger partial charge in [-0.1, -0.05) is 158 Å². The van der Waals surface area contributed by atoms with E-state index in [2.05, 4.69) is 207 Å². The molecule has 7 aromatic carbocycles. The molecular weight excluding hydrogens is 591 g/mol. The summed E-state index contributed by atoms with van der Waals surface area (Å²) < 4.78 is 0. The number of aryl methyl sites for hydroxylation is 2. The van der Waals surface area contributed by atoms with E-state index in [1.165, 1.54) is 44.2 Å². The highest BCUT2D eigenvalue weighted by Gasteiger charge is 2.15. The van der Waals surface area contributed by atoms with Crippen LogP contribution in [-0.4, -0.2) is 0 Å². The molecular formula is C48H39N. The first-order valence-electron chi connectivity index (χ1n) is 16.8. The van der Waals surface area contributed by atoms with Gasteiger partial charge in [-0.15, -0.1) is 0 Å². The quantitative estimate of drug-likeness (QED) is 0.144. The molecule has 7 aromatic rings. The first kappa shape index (κ1) is 31.4. The Bertz CT molecular complexity index is 2150. The molecule has 0 saturated carbocycles. The predicted octanol–water partition coefficient (Wildman–Crippen LogP) is 13.4. The summed E-state index contributed by atoms with van der Waals surface area (Å²) in [7, 11) is 0. The zero-order valence-electron chi connectivity index (χ0n) is 28.0. The van der Waals surface area contributed by atoms with Gasteiger partial charge in [-0.3, -0.25) is 0 Å². The summed E-state index contributed by atoms with van der Waals surface area (Å²) in [5.41, 5.74) is 13.0. The van der Waals surface area contributed by atoms with Gasteiger partial charge in [0, 0.05) is 17.1 Å². The Balaban J connectivity index is 1.25. The molecule has 0 aliphatic rings. The summed E-state index contributed by atoms with van der Waals surface area (Å²) >= 11 is 0. The Kier molecular flexibility index (Phi) is 9.43. The molecule has 1 heteroatoms. The molecule has 1 nitrogen and oxygen atoms in total. The number of nitrogens with zero attached hydrogens (tertiary/aromatic N) is 1. The molecule has 0 aliphatic carbocycles. The van der Waals surface area contributed by atoms with Crippen LogP contribution in [-0.2, 0) is 0 Å². The average molecular weight is 630 g/mol. The standard InChI is InChI=1S/C48H39N/c1-36-32-43(23-22-40-16-10-5-11-17-40)34-47-37(2)33-46(35-48(36)47)49(44-28-24-41(25-29-44)20-18-38-12-6-3-7-13-38)45-30-26-42(27-31-45)21-19-39-14-8-4-9-15-39/h3-35H,1-2H3/b20-18+,21-19+,23-22+. The monoisotopic (exact) mass is 629 g/mol. The van der Waals surface area contributed by atoms with Crippen molar-refractivity contribution in [2.24, 2.45) is 0 Å². The predicted molar refractivity (Wildman–Crippen MR) is 214 cm³/mol. The Labute approximate surface area is 290 Å². The Morgan fingerprint density at radius 2 is 0.653 bits per heavy atom. The van der Waals surface area contributed by atoms with Gasteiger partial charge in [0.05, 0.1) is 0 Å². The molecule has 236 valence electrons. The maximum atomic E-state index is 2.37. The summed E-state index contributed by atoms with van der Waals surface area (Å²) in [5.74, 6) is 0. The molecule has 0 N–H and O–H groups in total. The van der Waals surface area contributed by atoms with Crippen LogP contribution >= 0.6 is 0 Å². The van der Waals surface area contributed by atoms with Crippen molar-refractivity contribution in [3.05, 3.63) is 208 Å². The van der Waals surface area contributed by atoms with Crippen LogP contribution in [0.15, 0.2) is 164 Å². The van der Waals surface area contributed by atoms with E-state index in [-0.39, 0.29) is 0 Å². The third-order valence-corrected chi connectivity index (χ3v) is 8.85. The molecule has 0 saturated heterocycles. The highest BCUT2D eigenvalue weighted by atomic mass is 15.1. The molecule has 49 heavy (non-hydrogen) atoms. The van der Waals surface area contributed by atoms with E-state index in [0.717, 1.165) is 28.2 Å². The molecule has 7 rings (SSSR count). The van der Waals surface area contributed by atoms with Gasteiger partial charge >= 0.3 is 0 Å². The zero-order chi connectivity index (χ0) is 33.4. The topological polar surface area (TPSA) is 3.24 Å². The lowest BCUT2D eigenvalue weighted by atomic mass is 9.96. The van der Waals surface area contributed by atoms with Gasteiger partial charge in [0.2, 0.25) is 0 Å². The van der Waals surface area contributed by atoms with E-state index in [0.29, 0.717) is 0 Å². The first-order valence-corrected chi connectivity index (χ1v) is 16.8. The molecule has 0 amide bonds. The first-order chi connectivity index (χ1) is 24.1. The van der Waals surface area contributed by atoms with E-state index in [4.69, 9.17) is 0 Å². The molecule has 0 spiro atoms. The second-order valence-corrected chi connectivity index (χ2v) is 12.4. The number of fused-ring (bicyclic) bond motifs is 1. The lowest BCUT2D eigenvalue weighted by Gasteiger charge is -2.27. The van der Waals surface area contributed by atoms with Crippen molar-refractivity contribution in [2.75, 3.05) is 4.90 Å². The Morgan fingerprint density at radius 3 is 1.08 bits per heavy atom. The van der Waals surface area contributed by atoms with Crippen molar-refractivity contribution >= 4 is 64.3 Å². The average Bonchev–Trinajstić information content (AvgIpc) is 3.15. The number of benzene rings is 7. The van der Waals surface area contributed by atoms with Gasteiger partial charge in [0.25, 0.3) is 0 Å². The van der Waals surface area contributed by atoms with Crippen molar-refractivity contribution in [3.63, 3.8) is 0 Å². The second kappa shape index (κ2) is 14.7. The summed E-state index contributed by atoms with van der Waals surface area (Å²) in [6, 6.07) is 58.3. The second-order valence-electron chi connectivity index (χ2n) is 12.4. The van der Waals surface area contributed by atoms with Gasteiger partial charge in [0.15, 0.2) is 0 Å². The molecule has 0 atom stereocenters. The molecule has 0 heterocycles. The normalized spacial score (nSPS) is 11.6. The van der Waals surface area contributed by atoms with E-state index in [1.54, 1.807) is 0 Å². The van der Waals surface area contributed by atoms with Crippen LogP contribution in [0.5, 0.6) is 0 Å². The molecule has 0 bridgehead atoms. The highest BCUT2D eigenvalue weighted by Crippen LogP contribution is 2.39. The van der Waals surface area contributed by atoms with Gasteiger partial charge in [-0.2, -0.15) is 0 Å². The third-order valence-electron chi connectivity index (χ3n) is 8.85. The van der Waals surface area contributed by atoms with E-state index >= 15 is 0 Å². The molecule has 0 aliphatic heterocycles.